The highest BCUT2D eigenvalue weighted by atomic mass is 19.3. The van der Waals surface area contributed by atoms with Crippen molar-refractivity contribution in [2.75, 3.05) is 7.11 Å². The molecule has 0 amide bonds. The molecule has 5 nitrogen and oxygen atoms in total. The minimum absolute atomic E-state index is 0.0129. The first kappa shape index (κ1) is 17.5. The van der Waals surface area contributed by atoms with Crippen LogP contribution in [0.25, 0.3) is 6.08 Å². The normalized spacial score (nSPS) is 15.2. The minimum atomic E-state index is -3.09. The molecular weight excluding hydrogens is 351 g/mol. The van der Waals surface area contributed by atoms with E-state index >= 15 is 0 Å². The molecule has 1 aliphatic rings. The number of halogens is 3. The van der Waals surface area contributed by atoms with Crippen LogP contribution in [0, 0.1) is 5.82 Å². The maximum Gasteiger partial charge on any atom is 0.387 e. The third-order valence-corrected chi connectivity index (χ3v) is 3.45. The third kappa shape index (κ3) is 3.53. The summed E-state index contributed by atoms with van der Waals surface area (Å²) in [5, 5.41) is 0. The van der Waals surface area contributed by atoms with Crippen LogP contribution < -0.4 is 9.47 Å². The molecule has 0 aliphatic carbocycles. The van der Waals surface area contributed by atoms with E-state index in [2.05, 4.69) is 9.73 Å². The fourth-order valence-electron chi connectivity index (χ4n) is 2.33. The lowest BCUT2D eigenvalue weighted by molar-refractivity contribution is -0.129. The Bertz CT molecular complexity index is 909. The lowest BCUT2D eigenvalue weighted by Crippen LogP contribution is -2.07. The van der Waals surface area contributed by atoms with Crippen LogP contribution in [0.15, 0.2) is 53.2 Å². The van der Waals surface area contributed by atoms with Gasteiger partial charge in [0.05, 0.1) is 12.7 Å². The first-order chi connectivity index (χ1) is 12.5. The van der Waals surface area contributed by atoms with Crippen molar-refractivity contribution in [1.29, 1.82) is 0 Å². The third-order valence-electron chi connectivity index (χ3n) is 3.45. The predicted octanol–water partition coefficient (Wildman–Crippen LogP) is 3.78. The van der Waals surface area contributed by atoms with Crippen molar-refractivity contribution in [3.05, 3.63) is 65.1 Å². The molecule has 3 rings (SSSR count). The van der Waals surface area contributed by atoms with E-state index in [4.69, 9.17) is 9.47 Å². The average Bonchev–Trinajstić information content (AvgIpc) is 2.97. The molecule has 0 N–H and O–H groups in total. The molecule has 1 aliphatic heterocycles. The van der Waals surface area contributed by atoms with E-state index in [1.54, 1.807) is 6.07 Å². The zero-order valence-electron chi connectivity index (χ0n) is 13.4. The van der Waals surface area contributed by atoms with E-state index in [0.29, 0.717) is 0 Å². The van der Waals surface area contributed by atoms with Crippen molar-refractivity contribution < 1.29 is 32.2 Å². The summed E-state index contributed by atoms with van der Waals surface area (Å²) in [5.74, 6) is -1.85. The number of nitrogens with zero attached hydrogens (tertiary/aromatic N) is 1. The number of aliphatic imine (C=N–C) groups is 1. The molecule has 0 fully saturated rings. The number of carbonyl (C=O) groups is 1. The SMILES string of the molecule is COc1cccc(C=C2N=C(c3ccccc3F)OC2=O)c1OC(F)F. The Morgan fingerprint density at radius 3 is 2.62 bits per heavy atom. The van der Waals surface area contributed by atoms with Crippen LogP contribution in [0.1, 0.15) is 11.1 Å². The topological polar surface area (TPSA) is 57.1 Å². The number of ether oxygens (including phenoxy) is 3. The van der Waals surface area contributed by atoms with Crippen LogP contribution >= 0.6 is 0 Å². The smallest absolute Gasteiger partial charge is 0.387 e. The van der Waals surface area contributed by atoms with Crippen LogP contribution in [0.4, 0.5) is 13.2 Å². The molecule has 0 radical (unpaired) electrons. The highest BCUT2D eigenvalue weighted by molar-refractivity contribution is 6.13. The lowest BCUT2D eigenvalue weighted by Gasteiger charge is -2.12. The van der Waals surface area contributed by atoms with Crippen LogP contribution in [-0.2, 0) is 9.53 Å². The maximum absolute atomic E-state index is 13.8. The Morgan fingerprint density at radius 2 is 1.92 bits per heavy atom. The van der Waals surface area contributed by atoms with Gasteiger partial charge in [-0.2, -0.15) is 8.78 Å². The van der Waals surface area contributed by atoms with Gasteiger partial charge in [-0.3, -0.25) is 0 Å². The van der Waals surface area contributed by atoms with E-state index in [-0.39, 0.29) is 34.2 Å². The number of methoxy groups -OCH3 is 1. The molecule has 26 heavy (non-hydrogen) atoms. The highest BCUT2D eigenvalue weighted by Crippen LogP contribution is 2.34. The van der Waals surface area contributed by atoms with E-state index in [1.165, 1.54) is 49.6 Å². The molecule has 0 spiro atoms. The highest BCUT2D eigenvalue weighted by Gasteiger charge is 2.26. The summed E-state index contributed by atoms with van der Waals surface area (Å²) in [6.45, 7) is -3.09. The van der Waals surface area contributed by atoms with Gasteiger partial charge < -0.3 is 14.2 Å². The fraction of sp³-hybridized carbons (Fsp3) is 0.111. The molecule has 1 heterocycles. The second-order valence-electron chi connectivity index (χ2n) is 5.07. The monoisotopic (exact) mass is 363 g/mol. The Balaban J connectivity index is 2.02. The summed E-state index contributed by atoms with van der Waals surface area (Å²) in [5.41, 5.74) is -0.0373. The van der Waals surface area contributed by atoms with Crippen molar-refractivity contribution in [3.8, 4) is 11.5 Å². The molecule has 134 valence electrons. The van der Waals surface area contributed by atoms with Crippen LogP contribution in [-0.4, -0.2) is 25.6 Å². The molecule has 0 unspecified atom stereocenters. The van der Waals surface area contributed by atoms with Gasteiger partial charge >= 0.3 is 12.6 Å². The van der Waals surface area contributed by atoms with Gasteiger partial charge in [-0.1, -0.05) is 24.3 Å². The van der Waals surface area contributed by atoms with Crippen LogP contribution in [0.3, 0.4) is 0 Å². The van der Waals surface area contributed by atoms with Gasteiger partial charge in [0.25, 0.3) is 0 Å². The minimum Gasteiger partial charge on any atom is -0.493 e. The van der Waals surface area contributed by atoms with Gasteiger partial charge in [-0.25, -0.2) is 14.2 Å². The molecule has 0 saturated heterocycles. The first-order valence-electron chi connectivity index (χ1n) is 7.39. The van der Waals surface area contributed by atoms with E-state index in [0.717, 1.165) is 0 Å². The van der Waals surface area contributed by atoms with Gasteiger partial charge in [-0.15, -0.1) is 0 Å². The number of carbonyl (C=O) groups excluding carboxylic acids is 1. The molecule has 0 aromatic heterocycles. The number of esters is 1. The molecule has 0 saturated carbocycles. The summed E-state index contributed by atoms with van der Waals surface area (Å²) in [4.78, 5) is 16.0. The number of rotatable bonds is 5. The van der Waals surface area contributed by atoms with Crippen molar-refractivity contribution >= 4 is 17.9 Å². The number of hydrogen-bond acceptors (Lipinski definition) is 5. The Morgan fingerprint density at radius 1 is 1.15 bits per heavy atom. The summed E-state index contributed by atoms with van der Waals surface area (Å²) in [6, 6.07) is 10.1. The van der Waals surface area contributed by atoms with Gasteiger partial charge in [0.2, 0.25) is 5.90 Å². The summed E-state index contributed by atoms with van der Waals surface area (Å²) >= 11 is 0. The van der Waals surface area contributed by atoms with E-state index in [1.807, 2.05) is 0 Å². The molecular formula is C18H12F3NO4. The molecule has 2 aromatic carbocycles. The summed E-state index contributed by atoms with van der Waals surface area (Å²) in [6.07, 6.45) is 1.20. The quantitative estimate of drug-likeness (QED) is 0.599. The van der Waals surface area contributed by atoms with Crippen molar-refractivity contribution in [2.45, 2.75) is 6.61 Å². The van der Waals surface area contributed by atoms with Crippen molar-refractivity contribution in [1.82, 2.24) is 0 Å². The summed E-state index contributed by atoms with van der Waals surface area (Å²) < 4.78 is 53.6. The van der Waals surface area contributed by atoms with Gasteiger partial charge in [0.1, 0.15) is 5.82 Å². The van der Waals surface area contributed by atoms with E-state index in [9.17, 15) is 18.0 Å². The average molecular weight is 363 g/mol. The molecule has 0 bridgehead atoms. The molecule has 8 heteroatoms. The largest absolute Gasteiger partial charge is 0.493 e. The molecule has 0 atom stereocenters. The second kappa shape index (κ2) is 7.30. The zero-order valence-corrected chi connectivity index (χ0v) is 13.4. The summed E-state index contributed by atoms with van der Waals surface area (Å²) in [7, 11) is 1.29. The van der Waals surface area contributed by atoms with Gasteiger partial charge in [0.15, 0.2) is 17.2 Å². The van der Waals surface area contributed by atoms with Crippen molar-refractivity contribution in [2.24, 2.45) is 4.99 Å². The number of para-hydroxylation sites is 1. The Hall–Kier alpha value is -3.29. The van der Waals surface area contributed by atoms with Gasteiger partial charge in [0, 0.05) is 5.56 Å². The molecule has 2 aromatic rings. The second-order valence-corrected chi connectivity index (χ2v) is 5.07. The van der Waals surface area contributed by atoms with Crippen LogP contribution in [0.5, 0.6) is 11.5 Å². The lowest BCUT2D eigenvalue weighted by atomic mass is 10.1. The number of benzene rings is 2. The first-order valence-corrected chi connectivity index (χ1v) is 7.39. The number of hydrogen-bond donors (Lipinski definition) is 0. The maximum atomic E-state index is 13.8. The number of alkyl halides is 2. The van der Waals surface area contributed by atoms with Crippen LogP contribution in [0.2, 0.25) is 0 Å². The number of cyclic esters (lactones) is 1. The Kier molecular flexibility index (Phi) is 4.92. The predicted molar refractivity (Wildman–Crippen MR) is 86.6 cm³/mol. The Labute approximate surface area is 146 Å². The van der Waals surface area contributed by atoms with Gasteiger partial charge in [-0.05, 0) is 24.3 Å². The van der Waals surface area contributed by atoms with E-state index < -0.39 is 18.4 Å². The standard InChI is InChI=1S/C18H12F3NO4/c1-24-14-8-4-5-10(15(14)25-18(20)21)9-13-17(23)26-16(22-13)11-6-2-3-7-12(11)19/h2-9,18H,1H3. The van der Waals surface area contributed by atoms with Crippen molar-refractivity contribution in [3.63, 3.8) is 0 Å². The zero-order chi connectivity index (χ0) is 18.7. The fourth-order valence-corrected chi connectivity index (χ4v) is 2.33.